The summed E-state index contributed by atoms with van der Waals surface area (Å²) in [4.78, 5) is 24.2. The van der Waals surface area contributed by atoms with E-state index in [-0.39, 0.29) is 5.92 Å². The van der Waals surface area contributed by atoms with Gasteiger partial charge in [0.2, 0.25) is 5.91 Å². The van der Waals surface area contributed by atoms with Crippen LogP contribution in [0.4, 0.5) is 0 Å². The number of esters is 1. The zero-order chi connectivity index (χ0) is 19.8. The van der Waals surface area contributed by atoms with E-state index in [0.29, 0.717) is 12.8 Å². The Morgan fingerprint density at radius 1 is 1.00 bits per heavy atom. The Morgan fingerprint density at radius 2 is 1.59 bits per heavy atom. The lowest BCUT2D eigenvalue weighted by molar-refractivity contribution is -0.146. The first kappa shape index (κ1) is 20.6. The van der Waals surface area contributed by atoms with Gasteiger partial charge in [-0.25, -0.2) is 4.79 Å². The molecule has 2 atom stereocenters. The fourth-order valence-electron chi connectivity index (χ4n) is 2.86. The van der Waals surface area contributed by atoms with Crippen molar-refractivity contribution in [3.8, 4) is 11.1 Å². The van der Waals surface area contributed by atoms with Gasteiger partial charge in [-0.05, 0) is 29.0 Å². The zero-order valence-electron chi connectivity index (χ0n) is 16.0. The summed E-state index contributed by atoms with van der Waals surface area (Å²) >= 11 is 0. The van der Waals surface area contributed by atoms with Crippen LogP contribution >= 0.6 is 0 Å². The van der Waals surface area contributed by atoms with E-state index >= 15 is 0 Å². The molecule has 2 aromatic carbocycles. The van der Waals surface area contributed by atoms with Gasteiger partial charge in [0.1, 0.15) is 12.1 Å². The summed E-state index contributed by atoms with van der Waals surface area (Å²) in [5, 5.41) is 12.6. The Morgan fingerprint density at radius 3 is 2.15 bits per heavy atom. The average Bonchev–Trinajstić information content (AvgIpc) is 2.67. The molecule has 144 valence electrons. The van der Waals surface area contributed by atoms with Gasteiger partial charge >= 0.3 is 5.97 Å². The largest absolute Gasteiger partial charge is 0.467 e. The van der Waals surface area contributed by atoms with Gasteiger partial charge in [-0.15, -0.1) is 0 Å². The van der Waals surface area contributed by atoms with Crippen molar-refractivity contribution in [1.82, 2.24) is 5.32 Å². The molecule has 2 rings (SSSR count). The molecule has 0 aromatic heterocycles. The first-order chi connectivity index (χ1) is 12.9. The molecule has 0 unspecified atom stereocenters. The first-order valence-corrected chi connectivity index (χ1v) is 9.11. The number of methoxy groups -OCH3 is 1. The Kier molecular flexibility index (Phi) is 7.55. The number of amides is 1. The molecule has 0 saturated heterocycles. The van der Waals surface area contributed by atoms with E-state index in [1.165, 1.54) is 7.11 Å². The third kappa shape index (κ3) is 6.22. The fraction of sp³-hybridized carbons (Fsp3) is 0.364. The summed E-state index contributed by atoms with van der Waals surface area (Å²) in [6, 6.07) is 17.0. The summed E-state index contributed by atoms with van der Waals surface area (Å²) in [6.07, 6.45) is -0.509. The minimum absolute atomic E-state index is 0.174. The highest BCUT2D eigenvalue weighted by atomic mass is 16.5. The van der Waals surface area contributed by atoms with Gasteiger partial charge in [-0.3, -0.25) is 4.79 Å². The van der Waals surface area contributed by atoms with Crippen molar-refractivity contribution in [2.45, 2.75) is 38.8 Å². The maximum atomic E-state index is 12.2. The van der Waals surface area contributed by atoms with E-state index in [2.05, 4.69) is 5.32 Å². The quantitative estimate of drug-likeness (QED) is 0.702. The van der Waals surface area contributed by atoms with E-state index in [4.69, 9.17) is 4.74 Å². The van der Waals surface area contributed by atoms with Crippen LogP contribution in [0.25, 0.3) is 11.1 Å². The van der Waals surface area contributed by atoms with Crippen molar-refractivity contribution in [2.75, 3.05) is 7.11 Å². The molecule has 27 heavy (non-hydrogen) atoms. The van der Waals surface area contributed by atoms with Crippen molar-refractivity contribution in [2.24, 2.45) is 5.92 Å². The fourth-order valence-corrected chi connectivity index (χ4v) is 2.86. The maximum absolute atomic E-state index is 12.2. The lowest BCUT2D eigenvalue weighted by Gasteiger charge is -2.19. The highest BCUT2D eigenvalue weighted by Crippen LogP contribution is 2.20. The molecule has 0 spiro atoms. The van der Waals surface area contributed by atoms with E-state index < -0.39 is 24.0 Å². The van der Waals surface area contributed by atoms with Crippen LogP contribution in [0.5, 0.6) is 0 Å². The number of hydrogen-bond donors (Lipinski definition) is 2. The standard InChI is InChI=1S/C22H27NO4/c1-15(2)13-20(24)21(25)23-19(22(26)27-3)14-16-9-11-18(12-10-16)17-7-5-4-6-8-17/h4-12,15,19-20,24H,13-14H2,1-3H3,(H,23,25)/t19-,20+/m0/s1. The minimum atomic E-state index is -1.14. The summed E-state index contributed by atoms with van der Waals surface area (Å²) in [5.74, 6) is -0.917. The Labute approximate surface area is 160 Å². The summed E-state index contributed by atoms with van der Waals surface area (Å²) in [5.41, 5.74) is 3.08. The number of benzene rings is 2. The summed E-state index contributed by atoms with van der Waals surface area (Å²) in [6.45, 7) is 3.84. The molecule has 1 amide bonds. The molecule has 5 nitrogen and oxygen atoms in total. The van der Waals surface area contributed by atoms with Crippen LogP contribution in [0.1, 0.15) is 25.8 Å². The Bertz CT molecular complexity index is 741. The molecule has 2 N–H and O–H groups in total. The third-order valence-electron chi connectivity index (χ3n) is 4.30. The number of ether oxygens (including phenoxy) is 1. The van der Waals surface area contributed by atoms with E-state index in [9.17, 15) is 14.7 Å². The molecule has 2 aromatic rings. The van der Waals surface area contributed by atoms with E-state index in [0.717, 1.165) is 16.7 Å². The molecule has 0 bridgehead atoms. The van der Waals surface area contributed by atoms with Crippen LogP contribution in [-0.4, -0.2) is 36.2 Å². The number of aliphatic hydroxyl groups is 1. The highest BCUT2D eigenvalue weighted by molar-refractivity contribution is 5.87. The Balaban J connectivity index is 2.07. The minimum Gasteiger partial charge on any atom is -0.467 e. The Hall–Kier alpha value is -2.66. The second kappa shape index (κ2) is 9.88. The van der Waals surface area contributed by atoms with Crippen LogP contribution in [0, 0.1) is 5.92 Å². The van der Waals surface area contributed by atoms with Crippen molar-refractivity contribution in [1.29, 1.82) is 0 Å². The number of nitrogens with one attached hydrogen (secondary N) is 1. The molecule has 0 aliphatic rings. The van der Waals surface area contributed by atoms with Gasteiger partial charge in [0, 0.05) is 6.42 Å². The third-order valence-corrected chi connectivity index (χ3v) is 4.30. The molecule has 0 heterocycles. The first-order valence-electron chi connectivity index (χ1n) is 9.11. The van der Waals surface area contributed by atoms with Gasteiger partial charge in [-0.2, -0.15) is 0 Å². The topological polar surface area (TPSA) is 75.6 Å². The molecular weight excluding hydrogens is 342 g/mol. The van der Waals surface area contributed by atoms with Crippen molar-refractivity contribution in [3.63, 3.8) is 0 Å². The SMILES string of the molecule is COC(=O)[C@H](Cc1ccc(-c2ccccc2)cc1)NC(=O)[C@H](O)CC(C)C. The summed E-state index contributed by atoms with van der Waals surface area (Å²) in [7, 11) is 1.28. The molecule has 5 heteroatoms. The zero-order valence-corrected chi connectivity index (χ0v) is 16.0. The highest BCUT2D eigenvalue weighted by Gasteiger charge is 2.25. The van der Waals surface area contributed by atoms with Crippen molar-refractivity contribution < 1.29 is 19.4 Å². The average molecular weight is 369 g/mol. The van der Waals surface area contributed by atoms with Gasteiger partial charge < -0.3 is 15.2 Å². The lowest BCUT2D eigenvalue weighted by Crippen LogP contribution is -2.47. The molecule has 0 fully saturated rings. The van der Waals surface area contributed by atoms with Crippen LogP contribution < -0.4 is 5.32 Å². The maximum Gasteiger partial charge on any atom is 0.328 e. The monoisotopic (exact) mass is 369 g/mol. The van der Waals surface area contributed by atoms with Gasteiger partial charge in [0.25, 0.3) is 0 Å². The smallest absolute Gasteiger partial charge is 0.328 e. The molecule has 0 aliphatic carbocycles. The lowest BCUT2D eigenvalue weighted by atomic mass is 10.00. The van der Waals surface area contributed by atoms with Crippen molar-refractivity contribution in [3.05, 3.63) is 60.2 Å². The second-order valence-corrected chi connectivity index (χ2v) is 7.00. The van der Waals surface area contributed by atoms with Crippen LogP contribution in [0.3, 0.4) is 0 Å². The molecular formula is C22H27NO4. The predicted octanol–water partition coefficient (Wildman–Crippen LogP) is 2.96. The van der Waals surface area contributed by atoms with Gasteiger partial charge in [-0.1, -0.05) is 68.4 Å². The predicted molar refractivity (Wildman–Crippen MR) is 105 cm³/mol. The molecule has 0 saturated carbocycles. The number of hydrogen-bond acceptors (Lipinski definition) is 4. The van der Waals surface area contributed by atoms with Crippen LogP contribution in [-0.2, 0) is 20.7 Å². The number of rotatable bonds is 8. The number of carbonyl (C=O) groups excluding carboxylic acids is 2. The van der Waals surface area contributed by atoms with E-state index in [1.54, 1.807) is 0 Å². The van der Waals surface area contributed by atoms with E-state index in [1.807, 2.05) is 68.4 Å². The second-order valence-electron chi connectivity index (χ2n) is 7.00. The van der Waals surface area contributed by atoms with Crippen LogP contribution in [0.2, 0.25) is 0 Å². The molecule has 0 radical (unpaired) electrons. The number of carbonyl (C=O) groups is 2. The van der Waals surface area contributed by atoms with Gasteiger partial charge in [0.05, 0.1) is 7.11 Å². The van der Waals surface area contributed by atoms with Crippen LogP contribution in [0.15, 0.2) is 54.6 Å². The number of aliphatic hydroxyl groups excluding tert-OH is 1. The van der Waals surface area contributed by atoms with Gasteiger partial charge in [0.15, 0.2) is 0 Å². The normalized spacial score (nSPS) is 13.1. The molecule has 0 aliphatic heterocycles. The van der Waals surface area contributed by atoms with Crippen molar-refractivity contribution >= 4 is 11.9 Å². The summed E-state index contributed by atoms with van der Waals surface area (Å²) < 4.78 is 4.80.